The SMILES string of the molecule is CCc1c(C)nn(CCNC(=O)Cc2ccc(O)c(Cl)c2)c1C. The van der Waals surface area contributed by atoms with Crippen LogP contribution in [0.4, 0.5) is 0 Å². The highest BCUT2D eigenvalue weighted by atomic mass is 35.5. The van der Waals surface area contributed by atoms with Crippen molar-refractivity contribution in [2.45, 2.75) is 40.2 Å². The monoisotopic (exact) mass is 335 g/mol. The van der Waals surface area contributed by atoms with Gasteiger partial charge in [-0.25, -0.2) is 0 Å². The lowest BCUT2D eigenvalue weighted by Crippen LogP contribution is -2.29. The third-order valence-electron chi connectivity index (χ3n) is 3.91. The van der Waals surface area contributed by atoms with E-state index in [0.29, 0.717) is 13.1 Å². The lowest BCUT2D eigenvalue weighted by molar-refractivity contribution is -0.120. The number of aromatic hydroxyl groups is 1. The van der Waals surface area contributed by atoms with Crippen LogP contribution in [0.2, 0.25) is 5.02 Å². The molecule has 0 aliphatic heterocycles. The van der Waals surface area contributed by atoms with Crippen LogP contribution in [0.25, 0.3) is 0 Å². The molecule has 5 nitrogen and oxygen atoms in total. The van der Waals surface area contributed by atoms with Gasteiger partial charge in [-0.3, -0.25) is 9.48 Å². The number of hydrogen-bond donors (Lipinski definition) is 2. The number of amides is 1. The molecule has 0 fully saturated rings. The second-order valence-electron chi connectivity index (χ2n) is 5.54. The molecule has 1 aromatic heterocycles. The fourth-order valence-corrected chi connectivity index (χ4v) is 2.88. The maximum Gasteiger partial charge on any atom is 0.224 e. The Labute approximate surface area is 141 Å². The van der Waals surface area contributed by atoms with Crippen LogP contribution in [0.15, 0.2) is 18.2 Å². The molecular weight excluding hydrogens is 314 g/mol. The number of carbonyl (C=O) groups excluding carboxylic acids is 1. The maximum absolute atomic E-state index is 12.0. The Balaban J connectivity index is 1.86. The van der Waals surface area contributed by atoms with Gasteiger partial charge in [0.1, 0.15) is 5.75 Å². The molecule has 2 aromatic rings. The highest BCUT2D eigenvalue weighted by Crippen LogP contribution is 2.23. The number of rotatable bonds is 6. The van der Waals surface area contributed by atoms with E-state index in [9.17, 15) is 9.90 Å². The smallest absolute Gasteiger partial charge is 0.224 e. The minimum atomic E-state index is -0.0796. The Morgan fingerprint density at radius 2 is 2.13 bits per heavy atom. The number of phenolic OH excluding ortho intramolecular Hbond substituents is 1. The summed E-state index contributed by atoms with van der Waals surface area (Å²) >= 11 is 5.84. The summed E-state index contributed by atoms with van der Waals surface area (Å²) in [5.74, 6) is -0.0592. The maximum atomic E-state index is 12.0. The second-order valence-corrected chi connectivity index (χ2v) is 5.95. The Kier molecular flexibility index (Phi) is 5.66. The van der Waals surface area contributed by atoms with Crippen molar-refractivity contribution in [1.29, 1.82) is 0 Å². The molecule has 1 aromatic carbocycles. The van der Waals surface area contributed by atoms with E-state index in [1.807, 2.05) is 11.6 Å². The summed E-state index contributed by atoms with van der Waals surface area (Å²) < 4.78 is 1.94. The molecule has 23 heavy (non-hydrogen) atoms. The molecule has 1 heterocycles. The molecule has 124 valence electrons. The topological polar surface area (TPSA) is 67.2 Å². The van der Waals surface area contributed by atoms with Crippen molar-refractivity contribution in [3.63, 3.8) is 0 Å². The fourth-order valence-electron chi connectivity index (χ4n) is 2.67. The van der Waals surface area contributed by atoms with E-state index in [1.165, 1.54) is 11.6 Å². The Hall–Kier alpha value is -2.01. The van der Waals surface area contributed by atoms with Gasteiger partial charge < -0.3 is 10.4 Å². The van der Waals surface area contributed by atoms with Gasteiger partial charge >= 0.3 is 0 Å². The Bertz CT molecular complexity index is 710. The van der Waals surface area contributed by atoms with Crippen LogP contribution < -0.4 is 5.32 Å². The van der Waals surface area contributed by atoms with Gasteiger partial charge in [-0.1, -0.05) is 24.6 Å². The Morgan fingerprint density at radius 3 is 2.74 bits per heavy atom. The standard InChI is InChI=1S/C17H22ClN3O2/c1-4-14-11(2)20-21(12(14)3)8-7-19-17(23)10-13-5-6-16(22)15(18)9-13/h5-6,9,22H,4,7-8,10H2,1-3H3,(H,19,23). The third-order valence-corrected chi connectivity index (χ3v) is 4.21. The number of phenols is 1. The highest BCUT2D eigenvalue weighted by Gasteiger charge is 2.10. The number of halogens is 1. The van der Waals surface area contributed by atoms with E-state index in [1.54, 1.807) is 12.1 Å². The van der Waals surface area contributed by atoms with Crippen molar-refractivity contribution in [3.8, 4) is 5.75 Å². The first-order valence-electron chi connectivity index (χ1n) is 7.69. The molecule has 0 unspecified atom stereocenters. The van der Waals surface area contributed by atoms with Crippen LogP contribution in [0.3, 0.4) is 0 Å². The van der Waals surface area contributed by atoms with Crippen molar-refractivity contribution >= 4 is 17.5 Å². The van der Waals surface area contributed by atoms with Gasteiger partial charge in [-0.2, -0.15) is 5.10 Å². The molecule has 0 aliphatic rings. The number of carbonyl (C=O) groups is 1. The number of nitrogens with one attached hydrogen (secondary N) is 1. The summed E-state index contributed by atoms with van der Waals surface area (Å²) in [4.78, 5) is 12.0. The van der Waals surface area contributed by atoms with Gasteiger partial charge in [-0.05, 0) is 43.5 Å². The zero-order valence-electron chi connectivity index (χ0n) is 13.7. The molecule has 6 heteroatoms. The molecule has 1 amide bonds. The summed E-state index contributed by atoms with van der Waals surface area (Å²) in [7, 11) is 0. The minimum absolute atomic E-state index is 0.0204. The van der Waals surface area contributed by atoms with E-state index >= 15 is 0 Å². The molecular formula is C17H22ClN3O2. The van der Waals surface area contributed by atoms with Crippen molar-refractivity contribution in [2.24, 2.45) is 0 Å². The first-order valence-corrected chi connectivity index (χ1v) is 8.07. The van der Waals surface area contributed by atoms with Crippen molar-refractivity contribution in [2.75, 3.05) is 6.54 Å². The molecule has 0 aliphatic carbocycles. The van der Waals surface area contributed by atoms with Gasteiger partial charge in [0.15, 0.2) is 0 Å². The van der Waals surface area contributed by atoms with Crippen LogP contribution in [-0.2, 0) is 24.2 Å². The number of benzene rings is 1. The zero-order valence-corrected chi connectivity index (χ0v) is 14.4. The van der Waals surface area contributed by atoms with Crippen molar-refractivity contribution < 1.29 is 9.90 Å². The van der Waals surface area contributed by atoms with Gasteiger partial charge in [-0.15, -0.1) is 0 Å². The molecule has 2 N–H and O–H groups in total. The summed E-state index contributed by atoms with van der Waals surface area (Å²) in [6, 6.07) is 4.79. The van der Waals surface area contributed by atoms with E-state index in [4.69, 9.17) is 11.6 Å². The number of aryl methyl sites for hydroxylation is 1. The fraction of sp³-hybridized carbons (Fsp3) is 0.412. The minimum Gasteiger partial charge on any atom is -0.506 e. The normalized spacial score (nSPS) is 10.8. The van der Waals surface area contributed by atoms with E-state index in [0.717, 1.165) is 23.4 Å². The average Bonchev–Trinajstić information content (AvgIpc) is 2.77. The van der Waals surface area contributed by atoms with Crippen LogP contribution in [0.1, 0.15) is 29.4 Å². The van der Waals surface area contributed by atoms with Crippen LogP contribution in [0, 0.1) is 13.8 Å². The third kappa shape index (κ3) is 4.26. The van der Waals surface area contributed by atoms with Crippen molar-refractivity contribution in [3.05, 3.63) is 45.7 Å². The predicted molar refractivity (Wildman–Crippen MR) is 90.9 cm³/mol. The molecule has 0 atom stereocenters. The first-order chi connectivity index (χ1) is 10.9. The van der Waals surface area contributed by atoms with Gasteiger partial charge in [0.2, 0.25) is 5.91 Å². The van der Waals surface area contributed by atoms with Gasteiger partial charge in [0, 0.05) is 12.2 Å². The van der Waals surface area contributed by atoms with Crippen LogP contribution in [-0.4, -0.2) is 27.3 Å². The lowest BCUT2D eigenvalue weighted by Gasteiger charge is -2.08. The summed E-state index contributed by atoms with van der Waals surface area (Å²) in [5.41, 5.74) is 4.25. The molecule has 0 saturated carbocycles. The molecule has 2 rings (SSSR count). The molecule has 0 saturated heterocycles. The van der Waals surface area contributed by atoms with Crippen LogP contribution >= 0.6 is 11.6 Å². The van der Waals surface area contributed by atoms with Crippen molar-refractivity contribution in [1.82, 2.24) is 15.1 Å². The van der Waals surface area contributed by atoms with E-state index in [2.05, 4.69) is 24.3 Å². The van der Waals surface area contributed by atoms with E-state index < -0.39 is 0 Å². The first kappa shape index (κ1) is 17.3. The van der Waals surface area contributed by atoms with Crippen LogP contribution in [0.5, 0.6) is 5.75 Å². The highest BCUT2D eigenvalue weighted by molar-refractivity contribution is 6.32. The molecule has 0 bridgehead atoms. The summed E-state index contributed by atoms with van der Waals surface area (Å²) in [6.07, 6.45) is 1.20. The number of nitrogens with zero attached hydrogens (tertiary/aromatic N) is 2. The second kappa shape index (κ2) is 7.51. The zero-order chi connectivity index (χ0) is 17.0. The number of hydrogen-bond acceptors (Lipinski definition) is 3. The average molecular weight is 336 g/mol. The molecule has 0 radical (unpaired) electrons. The predicted octanol–water partition coefficient (Wildman–Crippen LogP) is 2.78. The summed E-state index contributed by atoms with van der Waals surface area (Å²) in [5, 5.41) is 17.0. The molecule has 0 spiro atoms. The summed E-state index contributed by atoms with van der Waals surface area (Å²) in [6.45, 7) is 7.35. The Morgan fingerprint density at radius 1 is 1.39 bits per heavy atom. The van der Waals surface area contributed by atoms with E-state index in [-0.39, 0.29) is 23.1 Å². The largest absolute Gasteiger partial charge is 0.506 e. The van der Waals surface area contributed by atoms with Gasteiger partial charge in [0.05, 0.1) is 23.7 Å². The number of aromatic nitrogens is 2. The lowest BCUT2D eigenvalue weighted by atomic mass is 10.1. The van der Waals surface area contributed by atoms with Gasteiger partial charge in [0.25, 0.3) is 0 Å². The quantitative estimate of drug-likeness (QED) is 0.853.